The van der Waals surface area contributed by atoms with E-state index < -0.39 is 0 Å². The van der Waals surface area contributed by atoms with Crippen molar-refractivity contribution in [3.05, 3.63) is 39.6 Å². The second kappa shape index (κ2) is 5.47. The predicted molar refractivity (Wildman–Crippen MR) is 79.7 cm³/mol. The monoisotopic (exact) mass is 275 g/mol. The molecule has 2 aromatic rings. The summed E-state index contributed by atoms with van der Waals surface area (Å²) in [6.45, 7) is 0. The van der Waals surface area contributed by atoms with Crippen LogP contribution in [0.4, 0.5) is 0 Å². The number of aryl methyl sites for hydroxylation is 3. The van der Waals surface area contributed by atoms with Gasteiger partial charge in [0.05, 0.1) is 0 Å². The Morgan fingerprint density at radius 1 is 1.32 bits per heavy atom. The summed E-state index contributed by atoms with van der Waals surface area (Å²) in [6.07, 6.45) is 10.5. The highest BCUT2D eigenvalue weighted by molar-refractivity contribution is 7.12. The average molecular weight is 275 g/mol. The molecule has 102 valence electrons. The van der Waals surface area contributed by atoms with E-state index in [0.29, 0.717) is 0 Å². The Kier molecular flexibility index (Phi) is 3.71. The third-order valence-corrected chi connectivity index (χ3v) is 5.26. The van der Waals surface area contributed by atoms with Gasteiger partial charge in [0.1, 0.15) is 11.9 Å². The second-order valence-corrected chi connectivity index (χ2v) is 6.44. The smallest absolute Gasteiger partial charge is 0.131 e. The second-order valence-electron chi connectivity index (χ2n) is 5.28. The summed E-state index contributed by atoms with van der Waals surface area (Å²) in [5.74, 6) is 1.10. The Morgan fingerprint density at radius 3 is 2.89 bits per heavy atom. The lowest BCUT2D eigenvalue weighted by atomic mass is 10.1. The van der Waals surface area contributed by atoms with E-state index in [-0.39, 0.29) is 6.04 Å². The SMILES string of the molecule is CNC(c1cc2c(s1)CCCCC2)c1nccn1C. The largest absolute Gasteiger partial charge is 0.336 e. The van der Waals surface area contributed by atoms with Crippen molar-refractivity contribution in [1.29, 1.82) is 0 Å². The summed E-state index contributed by atoms with van der Waals surface area (Å²) in [5.41, 5.74) is 1.58. The molecule has 1 unspecified atom stereocenters. The first-order valence-corrected chi connectivity index (χ1v) is 7.87. The molecule has 4 heteroatoms. The lowest BCUT2D eigenvalue weighted by Crippen LogP contribution is -2.20. The van der Waals surface area contributed by atoms with Crippen LogP contribution in [0, 0.1) is 0 Å². The first kappa shape index (κ1) is 12.9. The van der Waals surface area contributed by atoms with Crippen LogP contribution in [0.25, 0.3) is 0 Å². The number of nitrogens with zero attached hydrogens (tertiary/aromatic N) is 2. The maximum absolute atomic E-state index is 4.50. The summed E-state index contributed by atoms with van der Waals surface area (Å²) < 4.78 is 2.10. The molecule has 0 spiro atoms. The Balaban J connectivity index is 1.94. The highest BCUT2D eigenvalue weighted by atomic mass is 32.1. The lowest BCUT2D eigenvalue weighted by Gasteiger charge is -2.14. The van der Waals surface area contributed by atoms with Crippen molar-refractivity contribution in [3.63, 3.8) is 0 Å². The van der Waals surface area contributed by atoms with E-state index >= 15 is 0 Å². The number of thiophene rings is 1. The highest BCUT2D eigenvalue weighted by Crippen LogP contribution is 2.34. The molecule has 1 aliphatic rings. The summed E-state index contributed by atoms with van der Waals surface area (Å²) >= 11 is 1.97. The van der Waals surface area contributed by atoms with Gasteiger partial charge in [0.25, 0.3) is 0 Å². The summed E-state index contributed by atoms with van der Waals surface area (Å²) in [4.78, 5) is 7.50. The molecule has 0 saturated heterocycles. The number of hydrogen-bond acceptors (Lipinski definition) is 3. The van der Waals surface area contributed by atoms with Gasteiger partial charge in [-0.2, -0.15) is 0 Å². The average Bonchev–Trinajstić information content (AvgIpc) is 2.93. The van der Waals surface area contributed by atoms with Crippen LogP contribution in [0.5, 0.6) is 0 Å². The van der Waals surface area contributed by atoms with Gasteiger partial charge in [-0.05, 0) is 44.4 Å². The summed E-state index contributed by atoms with van der Waals surface area (Å²) in [5, 5.41) is 3.41. The van der Waals surface area contributed by atoms with Gasteiger partial charge in [-0.1, -0.05) is 6.42 Å². The van der Waals surface area contributed by atoms with E-state index in [9.17, 15) is 0 Å². The number of imidazole rings is 1. The number of rotatable bonds is 3. The highest BCUT2D eigenvalue weighted by Gasteiger charge is 2.21. The molecule has 0 bridgehead atoms. The zero-order chi connectivity index (χ0) is 13.2. The van der Waals surface area contributed by atoms with Crippen LogP contribution in [-0.2, 0) is 19.9 Å². The first-order chi connectivity index (χ1) is 9.29. The van der Waals surface area contributed by atoms with E-state index in [2.05, 4.69) is 28.0 Å². The van der Waals surface area contributed by atoms with Crippen molar-refractivity contribution < 1.29 is 0 Å². The molecule has 0 aliphatic heterocycles. The minimum absolute atomic E-state index is 0.219. The van der Waals surface area contributed by atoms with Crippen LogP contribution in [0.15, 0.2) is 18.5 Å². The van der Waals surface area contributed by atoms with Crippen LogP contribution in [0.1, 0.15) is 46.4 Å². The van der Waals surface area contributed by atoms with Gasteiger partial charge in [0.15, 0.2) is 0 Å². The van der Waals surface area contributed by atoms with Crippen molar-refractivity contribution in [3.8, 4) is 0 Å². The van der Waals surface area contributed by atoms with Crippen molar-refractivity contribution >= 4 is 11.3 Å². The fourth-order valence-corrected chi connectivity index (χ4v) is 4.25. The van der Waals surface area contributed by atoms with E-state index in [1.54, 1.807) is 10.4 Å². The molecule has 1 N–H and O–H groups in total. The molecule has 19 heavy (non-hydrogen) atoms. The van der Waals surface area contributed by atoms with Crippen molar-refractivity contribution in [1.82, 2.24) is 14.9 Å². The van der Waals surface area contributed by atoms with Gasteiger partial charge in [0.2, 0.25) is 0 Å². The molecule has 1 atom stereocenters. The van der Waals surface area contributed by atoms with Crippen molar-refractivity contribution in [2.24, 2.45) is 7.05 Å². The van der Waals surface area contributed by atoms with Crippen LogP contribution in [0.3, 0.4) is 0 Å². The fourth-order valence-electron chi connectivity index (χ4n) is 2.89. The van der Waals surface area contributed by atoms with Gasteiger partial charge < -0.3 is 9.88 Å². The number of fused-ring (bicyclic) bond motifs is 1. The molecule has 0 aromatic carbocycles. The van der Waals surface area contributed by atoms with Crippen molar-refractivity contribution in [2.45, 2.75) is 38.1 Å². The lowest BCUT2D eigenvalue weighted by molar-refractivity contribution is 0.625. The summed E-state index contributed by atoms with van der Waals surface area (Å²) in [6, 6.07) is 2.62. The fraction of sp³-hybridized carbons (Fsp3) is 0.533. The van der Waals surface area contributed by atoms with E-state index in [1.165, 1.54) is 37.0 Å². The van der Waals surface area contributed by atoms with Crippen molar-refractivity contribution in [2.75, 3.05) is 7.05 Å². The first-order valence-electron chi connectivity index (χ1n) is 7.05. The van der Waals surface area contributed by atoms with Crippen LogP contribution >= 0.6 is 11.3 Å². The number of nitrogens with one attached hydrogen (secondary N) is 1. The molecule has 0 radical (unpaired) electrons. The van der Waals surface area contributed by atoms with E-state index in [4.69, 9.17) is 0 Å². The Morgan fingerprint density at radius 2 is 2.16 bits per heavy atom. The number of aromatic nitrogens is 2. The minimum Gasteiger partial charge on any atom is -0.336 e. The molecular weight excluding hydrogens is 254 g/mol. The molecular formula is C15H21N3S. The topological polar surface area (TPSA) is 29.9 Å². The predicted octanol–water partition coefficient (Wildman–Crippen LogP) is 3.06. The van der Waals surface area contributed by atoms with Gasteiger partial charge in [-0.15, -0.1) is 11.3 Å². The zero-order valence-corrected chi connectivity index (χ0v) is 12.5. The third kappa shape index (κ3) is 2.47. The van der Waals surface area contributed by atoms with Crippen LogP contribution in [-0.4, -0.2) is 16.6 Å². The zero-order valence-electron chi connectivity index (χ0n) is 11.6. The summed E-state index contributed by atoms with van der Waals surface area (Å²) in [7, 11) is 4.08. The molecule has 1 aliphatic carbocycles. The Labute approximate surface area is 118 Å². The standard InChI is InChI=1S/C15H21N3S/c1-16-14(15-17-8-9-18(15)2)13-10-11-6-4-3-5-7-12(11)19-13/h8-10,14,16H,3-7H2,1-2H3. The van der Waals surface area contributed by atoms with Gasteiger partial charge >= 0.3 is 0 Å². The third-order valence-electron chi connectivity index (χ3n) is 3.96. The van der Waals surface area contributed by atoms with E-state index in [1.807, 2.05) is 30.8 Å². The quantitative estimate of drug-likeness (QED) is 0.873. The number of hydrogen-bond donors (Lipinski definition) is 1. The Hall–Kier alpha value is -1.13. The molecule has 0 fully saturated rings. The minimum atomic E-state index is 0.219. The van der Waals surface area contributed by atoms with Crippen LogP contribution in [0.2, 0.25) is 0 Å². The molecule has 3 nitrogen and oxygen atoms in total. The molecule has 0 amide bonds. The maximum atomic E-state index is 4.50. The molecule has 2 aromatic heterocycles. The normalized spacial score (nSPS) is 16.9. The molecule has 2 heterocycles. The maximum Gasteiger partial charge on any atom is 0.131 e. The van der Waals surface area contributed by atoms with Gasteiger partial charge in [-0.25, -0.2) is 4.98 Å². The van der Waals surface area contributed by atoms with Gasteiger partial charge in [-0.3, -0.25) is 0 Å². The van der Waals surface area contributed by atoms with Gasteiger partial charge in [0, 0.05) is 29.2 Å². The molecule has 0 saturated carbocycles. The Bertz CT molecular complexity index is 532. The molecule has 3 rings (SSSR count). The van der Waals surface area contributed by atoms with E-state index in [0.717, 1.165) is 5.82 Å². The van der Waals surface area contributed by atoms with Crippen LogP contribution < -0.4 is 5.32 Å².